The summed E-state index contributed by atoms with van der Waals surface area (Å²) in [6.07, 6.45) is 1.40. The predicted molar refractivity (Wildman–Crippen MR) is 88.2 cm³/mol. The first-order chi connectivity index (χ1) is 11.0. The van der Waals surface area contributed by atoms with Crippen molar-refractivity contribution in [3.05, 3.63) is 42.1 Å². The number of benzene rings is 1. The molecule has 0 bridgehead atoms. The fraction of sp³-hybridized carbons (Fsp3) is 0.312. The number of nitrogen functional groups attached to an aromatic ring is 1. The highest BCUT2D eigenvalue weighted by atomic mass is 16.2. The first-order valence-corrected chi connectivity index (χ1v) is 7.40. The summed E-state index contributed by atoms with van der Waals surface area (Å²) in [5.74, 6) is -0.345. The van der Waals surface area contributed by atoms with Gasteiger partial charge in [-0.2, -0.15) is 5.10 Å². The quantitative estimate of drug-likeness (QED) is 0.862. The molecule has 0 spiro atoms. The Morgan fingerprint density at radius 3 is 2.61 bits per heavy atom. The summed E-state index contributed by atoms with van der Waals surface area (Å²) in [5.41, 5.74) is 7.02. The molecular formula is C16H21N5O2. The number of anilines is 1. The largest absolute Gasteiger partial charge is 0.383 e. The maximum absolute atomic E-state index is 12.3. The minimum Gasteiger partial charge on any atom is -0.383 e. The highest BCUT2D eigenvalue weighted by molar-refractivity contribution is 6.00. The van der Waals surface area contributed by atoms with E-state index in [2.05, 4.69) is 10.4 Å². The lowest BCUT2D eigenvalue weighted by atomic mass is 10.2. The lowest BCUT2D eigenvalue weighted by Crippen LogP contribution is -2.45. The van der Waals surface area contributed by atoms with Crippen LogP contribution in [0.15, 0.2) is 36.5 Å². The molecule has 1 aromatic carbocycles. The van der Waals surface area contributed by atoms with E-state index in [0.717, 1.165) is 5.69 Å². The summed E-state index contributed by atoms with van der Waals surface area (Å²) in [6, 6.07) is 8.65. The monoisotopic (exact) mass is 315 g/mol. The second-order valence-electron chi connectivity index (χ2n) is 5.24. The van der Waals surface area contributed by atoms with Gasteiger partial charge in [-0.1, -0.05) is 18.2 Å². The molecule has 0 saturated carbocycles. The Hall–Kier alpha value is -2.83. The molecular weight excluding hydrogens is 294 g/mol. The number of nitrogens with one attached hydrogen (secondary N) is 1. The van der Waals surface area contributed by atoms with E-state index in [1.807, 2.05) is 37.3 Å². The van der Waals surface area contributed by atoms with Gasteiger partial charge in [-0.15, -0.1) is 0 Å². The standard InChI is InChI=1S/C16H21N5O2/c1-4-20(3)16(23)11(2)19-15(22)13-10-18-21(14(13)17)12-8-6-5-7-9-12/h5-11H,4,17H2,1-3H3,(H,19,22). The van der Waals surface area contributed by atoms with Crippen LogP contribution >= 0.6 is 0 Å². The molecule has 0 fully saturated rings. The number of nitrogens with zero attached hydrogens (tertiary/aromatic N) is 3. The van der Waals surface area contributed by atoms with E-state index in [-0.39, 0.29) is 17.3 Å². The summed E-state index contributed by atoms with van der Waals surface area (Å²) < 4.78 is 1.49. The van der Waals surface area contributed by atoms with Gasteiger partial charge in [0.25, 0.3) is 5.91 Å². The fourth-order valence-corrected chi connectivity index (χ4v) is 2.13. The maximum Gasteiger partial charge on any atom is 0.257 e. The molecule has 2 rings (SSSR count). The highest BCUT2D eigenvalue weighted by Gasteiger charge is 2.22. The topological polar surface area (TPSA) is 93.2 Å². The number of likely N-dealkylation sites (N-methyl/N-ethyl adjacent to an activating group) is 1. The van der Waals surface area contributed by atoms with Gasteiger partial charge in [0.15, 0.2) is 0 Å². The van der Waals surface area contributed by atoms with E-state index in [0.29, 0.717) is 6.54 Å². The summed E-state index contributed by atoms with van der Waals surface area (Å²) >= 11 is 0. The average Bonchev–Trinajstić information content (AvgIpc) is 2.95. The van der Waals surface area contributed by atoms with Crippen molar-refractivity contribution in [2.24, 2.45) is 0 Å². The molecule has 23 heavy (non-hydrogen) atoms. The second kappa shape index (κ2) is 6.95. The Bertz CT molecular complexity index is 696. The highest BCUT2D eigenvalue weighted by Crippen LogP contribution is 2.16. The lowest BCUT2D eigenvalue weighted by Gasteiger charge is -2.20. The van der Waals surface area contributed by atoms with Gasteiger partial charge in [0.05, 0.1) is 11.9 Å². The van der Waals surface area contributed by atoms with Gasteiger partial charge in [-0.05, 0) is 26.0 Å². The number of hydrogen-bond acceptors (Lipinski definition) is 4. The van der Waals surface area contributed by atoms with Crippen LogP contribution < -0.4 is 11.1 Å². The third kappa shape index (κ3) is 3.50. The van der Waals surface area contributed by atoms with Crippen molar-refractivity contribution in [3.8, 4) is 5.69 Å². The van der Waals surface area contributed by atoms with Crippen molar-refractivity contribution in [1.82, 2.24) is 20.0 Å². The molecule has 0 aliphatic heterocycles. The van der Waals surface area contributed by atoms with Crippen LogP contribution in [0.1, 0.15) is 24.2 Å². The van der Waals surface area contributed by atoms with Crippen molar-refractivity contribution in [1.29, 1.82) is 0 Å². The lowest BCUT2D eigenvalue weighted by molar-refractivity contribution is -0.131. The Kier molecular flexibility index (Phi) is 5.00. The third-order valence-corrected chi connectivity index (χ3v) is 3.62. The van der Waals surface area contributed by atoms with Crippen LogP contribution in [0.4, 0.5) is 5.82 Å². The number of nitrogens with two attached hydrogens (primary N) is 1. The van der Waals surface area contributed by atoms with Crippen LogP contribution in [0, 0.1) is 0 Å². The average molecular weight is 315 g/mol. The summed E-state index contributed by atoms with van der Waals surface area (Å²) in [7, 11) is 1.69. The van der Waals surface area contributed by atoms with E-state index in [9.17, 15) is 9.59 Å². The molecule has 1 unspecified atom stereocenters. The zero-order chi connectivity index (χ0) is 17.0. The van der Waals surface area contributed by atoms with E-state index in [4.69, 9.17) is 5.73 Å². The van der Waals surface area contributed by atoms with Gasteiger partial charge >= 0.3 is 0 Å². The Labute approximate surface area is 135 Å². The fourth-order valence-electron chi connectivity index (χ4n) is 2.13. The van der Waals surface area contributed by atoms with Crippen LogP contribution in [-0.4, -0.2) is 46.1 Å². The van der Waals surface area contributed by atoms with E-state index >= 15 is 0 Å². The van der Waals surface area contributed by atoms with E-state index in [1.165, 1.54) is 10.9 Å². The van der Waals surface area contributed by atoms with Gasteiger partial charge in [0.1, 0.15) is 17.4 Å². The molecule has 1 heterocycles. The SMILES string of the molecule is CCN(C)C(=O)C(C)NC(=O)c1cnn(-c2ccccc2)c1N. The molecule has 122 valence electrons. The summed E-state index contributed by atoms with van der Waals surface area (Å²) in [5, 5.41) is 6.80. The van der Waals surface area contributed by atoms with Gasteiger partial charge in [0, 0.05) is 13.6 Å². The number of carbonyl (C=O) groups excluding carboxylic acids is 2. The van der Waals surface area contributed by atoms with Crippen LogP contribution in [0.2, 0.25) is 0 Å². The first-order valence-electron chi connectivity index (χ1n) is 7.40. The predicted octanol–water partition coefficient (Wildman–Crippen LogP) is 1.05. The molecule has 1 aromatic heterocycles. The molecule has 7 nitrogen and oxygen atoms in total. The molecule has 2 aromatic rings. The van der Waals surface area contributed by atoms with Gasteiger partial charge in [-0.25, -0.2) is 4.68 Å². The van der Waals surface area contributed by atoms with Crippen LogP contribution in [0.25, 0.3) is 5.69 Å². The molecule has 0 aliphatic carbocycles. The zero-order valence-electron chi connectivity index (χ0n) is 13.5. The van der Waals surface area contributed by atoms with Gasteiger partial charge < -0.3 is 16.0 Å². The normalized spacial score (nSPS) is 11.8. The zero-order valence-corrected chi connectivity index (χ0v) is 13.5. The number of aromatic nitrogens is 2. The number of hydrogen-bond donors (Lipinski definition) is 2. The number of amides is 2. The van der Waals surface area contributed by atoms with E-state index in [1.54, 1.807) is 18.9 Å². The second-order valence-corrected chi connectivity index (χ2v) is 5.24. The number of carbonyl (C=O) groups is 2. The van der Waals surface area contributed by atoms with Crippen molar-refractivity contribution in [2.75, 3.05) is 19.3 Å². The summed E-state index contributed by atoms with van der Waals surface area (Å²) in [4.78, 5) is 25.9. The minimum atomic E-state index is -0.632. The van der Waals surface area contributed by atoms with Crippen molar-refractivity contribution < 1.29 is 9.59 Å². The Morgan fingerprint density at radius 2 is 2.00 bits per heavy atom. The Morgan fingerprint density at radius 1 is 1.35 bits per heavy atom. The molecule has 2 amide bonds. The molecule has 1 atom stereocenters. The third-order valence-electron chi connectivity index (χ3n) is 3.62. The van der Waals surface area contributed by atoms with E-state index < -0.39 is 11.9 Å². The van der Waals surface area contributed by atoms with Crippen molar-refractivity contribution in [2.45, 2.75) is 19.9 Å². The molecule has 0 aliphatic rings. The molecule has 3 N–H and O–H groups in total. The minimum absolute atomic E-state index is 0.158. The van der Waals surface area contributed by atoms with Crippen LogP contribution in [-0.2, 0) is 4.79 Å². The van der Waals surface area contributed by atoms with Gasteiger partial charge in [0.2, 0.25) is 5.91 Å². The summed E-state index contributed by atoms with van der Waals surface area (Å²) in [6.45, 7) is 4.09. The Balaban J connectivity index is 2.15. The van der Waals surface area contributed by atoms with Crippen LogP contribution in [0.5, 0.6) is 0 Å². The smallest absolute Gasteiger partial charge is 0.257 e. The van der Waals surface area contributed by atoms with Crippen molar-refractivity contribution in [3.63, 3.8) is 0 Å². The van der Waals surface area contributed by atoms with Crippen LogP contribution in [0.3, 0.4) is 0 Å². The maximum atomic E-state index is 12.3. The first kappa shape index (κ1) is 16.5. The van der Waals surface area contributed by atoms with Gasteiger partial charge in [-0.3, -0.25) is 9.59 Å². The molecule has 0 saturated heterocycles. The molecule has 7 heteroatoms. The molecule has 0 radical (unpaired) electrons. The number of para-hydroxylation sites is 1. The number of rotatable bonds is 5. The van der Waals surface area contributed by atoms with Crippen molar-refractivity contribution >= 4 is 17.6 Å².